The number of H-pyrrole nitrogens is 1. The van der Waals surface area contributed by atoms with E-state index >= 15 is 0 Å². The molecule has 0 radical (unpaired) electrons. The number of amidine groups is 1. The highest BCUT2D eigenvalue weighted by Gasteiger charge is 2.26. The van der Waals surface area contributed by atoms with E-state index < -0.39 is 5.69 Å². The maximum Gasteiger partial charge on any atom is 0.350 e. The number of hydrogen-bond donors (Lipinski definition) is 3. The minimum Gasteiger partial charge on any atom is -0.486 e. The van der Waals surface area contributed by atoms with Crippen LogP contribution in [0.1, 0.15) is 34.0 Å². The number of methoxy groups -OCH3 is 1. The Labute approximate surface area is 206 Å². The van der Waals surface area contributed by atoms with Crippen molar-refractivity contribution in [2.45, 2.75) is 18.9 Å². The van der Waals surface area contributed by atoms with E-state index in [1.165, 1.54) is 0 Å². The number of aromatic amines is 1. The molecule has 0 bridgehead atoms. The molecule has 1 aliphatic heterocycles. The first-order valence-electron chi connectivity index (χ1n) is 11.3. The minimum atomic E-state index is -0.442. The smallest absolute Gasteiger partial charge is 0.350 e. The summed E-state index contributed by atoms with van der Waals surface area (Å²) in [6.07, 6.45) is 3.61. The van der Waals surface area contributed by atoms with Gasteiger partial charge in [-0.2, -0.15) is 0 Å². The average Bonchev–Trinajstić information content (AvgIpc) is 3.29. The van der Waals surface area contributed by atoms with Crippen LogP contribution in [-0.2, 0) is 17.8 Å². The molecule has 1 atom stereocenters. The van der Waals surface area contributed by atoms with Crippen molar-refractivity contribution in [1.29, 1.82) is 5.41 Å². The Bertz CT molecular complexity index is 1430. The fraction of sp³-hybridized carbons (Fsp3) is 0.240. The van der Waals surface area contributed by atoms with Crippen molar-refractivity contribution in [3.63, 3.8) is 0 Å². The summed E-state index contributed by atoms with van der Waals surface area (Å²) in [4.78, 5) is 24.0. The Hall–Kier alpha value is -4.51. The molecule has 2 aromatic heterocycles. The maximum atomic E-state index is 12.8. The zero-order chi connectivity index (χ0) is 25.1. The van der Waals surface area contributed by atoms with Gasteiger partial charge in [-0.3, -0.25) is 10.4 Å². The molecule has 5 rings (SSSR count). The average molecular weight is 488 g/mol. The van der Waals surface area contributed by atoms with Gasteiger partial charge < -0.3 is 19.9 Å². The molecule has 0 saturated carbocycles. The van der Waals surface area contributed by atoms with E-state index in [1.54, 1.807) is 37.7 Å². The molecule has 1 unspecified atom stereocenters. The highest BCUT2D eigenvalue weighted by Crippen LogP contribution is 2.39. The summed E-state index contributed by atoms with van der Waals surface area (Å²) in [6, 6.07) is 13.0. The second-order valence-corrected chi connectivity index (χ2v) is 8.28. The van der Waals surface area contributed by atoms with Gasteiger partial charge in [0.2, 0.25) is 0 Å². The second kappa shape index (κ2) is 10.0. The number of benzene rings is 2. The topological polar surface area (TPSA) is 154 Å². The van der Waals surface area contributed by atoms with Gasteiger partial charge in [0, 0.05) is 36.5 Å². The van der Waals surface area contributed by atoms with Crippen LogP contribution in [0.4, 0.5) is 0 Å². The number of nitrogens with one attached hydrogen (secondary N) is 2. The van der Waals surface area contributed by atoms with Gasteiger partial charge in [-0.1, -0.05) is 24.3 Å². The van der Waals surface area contributed by atoms with Gasteiger partial charge in [0.1, 0.15) is 24.9 Å². The van der Waals surface area contributed by atoms with E-state index in [0.717, 1.165) is 21.4 Å². The predicted octanol–water partition coefficient (Wildman–Crippen LogP) is 1.93. The lowest BCUT2D eigenvalue weighted by atomic mass is 9.89. The third-order valence-corrected chi connectivity index (χ3v) is 5.86. The molecule has 36 heavy (non-hydrogen) atoms. The molecule has 4 aromatic rings. The number of nitrogen functional groups attached to an aromatic ring is 1. The normalized spacial score (nSPS) is 13.4. The Morgan fingerprint density at radius 3 is 2.67 bits per heavy atom. The summed E-state index contributed by atoms with van der Waals surface area (Å²) in [5.74, 6) is 1.56. The van der Waals surface area contributed by atoms with Crippen molar-refractivity contribution in [1.82, 2.24) is 24.7 Å². The fourth-order valence-electron chi connectivity index (χ4n) is 4.18. The lowest BCUT2D eigenvalue weighted by molar-refractivity contribution is 0.153. The summed E-state index contributed by atoms with van der Waals surface area (Å²) < 4.78 is 18.3. The molecule has 11 nitrogen and oxygen atoms in total. The monoisotopic (exact) mass is 487 g/mol. The second-order valence-electron chi connectivity index (χ2n) is 8.28. The number of rotatable bonds is 8. The SMILES string of the molecule is COCc1cc(C(Cc2ccc(C(=N)N)cc2)c2nn(-c3ncccn3)c(=O)[nH]2)cc2c1OCCO2. The first kappa shape index (κ1) is 23.2. The summed E-state index contributed by atoms with van der Waals surface area (Å²) in [5.41, 5.74) is 8.49. The number of aromatic nitrogens is 5. The highest BCUT2D eigenvalue weighted by molar-refractivity contribution is 5.94. The van der Waals surface area contributed by atoms with Gasteiger partial charge in [-0.05, 0) is 35.7 Å². The quantitative estimate of drug-likeness (QED) is 0.252. The van der Waals surface area contributed by atoms with Crippen LogP contribution in [-0.4, -0.2) is 50.9 Å². The van der Waals surface area contributed by atoms with Crippen LogP contribution in [0.5, 0.6) is 11.5 Å². The van der Waals surface area contributed by atoms with Crippen LogP contribution in [0.25, 0.3) is 5.95 Å². The molecule has 184 valence electrons. The van der Waals surface area contributed by atoms with Crippen LogP contribution >= 0.6 is 0 Å². The Morgan fingerprint density at radius 2 is 1.94 bits per heavy atom. The molecular formula is C25H25N7O4. The largest absolute Gasteiger partial charge is 0.486 e. The van der Waals surface area contributed by atoms with Crippen LogP contribution < -0.4 is 20.9 Å². The molecule has 0 aliphatic carbocycles. The molecule has 11 heteroatoms. The minimum absolute atomic E-state index is 0.0000719. The first-order chi connectivity index (χ1) is 17.5. The third-order valence-electron chi connectivity index (χ3n) is 5.86. The van der Waals surface area contributed by atoms with Crippen LogP contribution in [0.2, 0.25) is 0 Å². The molecule has 3 heterocycles. The van der Waals surface area contributed by atoms with Gasteiger partial charge in [-0.15, -0.1) is 9.78 Å². The van der Waals surface area contributed by atoms with E-state index in [4.69, 9.17) is 25.4 Å². The first-order valence-corrected chi connectivity index (χ1v) is 11.3. The van der Waals surface area contributed by atoms with Crippen LogP contribution in [0.15, 0.2) is 59.7 Å². The standard InChI is InChI=1S/C25H25N7O4/c1-34-14-18-12-17(13-20-21(18)36-10-9-35-20)19(11-15-3-5-16(6-4-15)22(26)27)23-30-25(33)32(31-23)24-28-7-2-8-29-24/h2-8,12-13,19H,9-11,14H2,1H3,(H3,26,27)(H,30,31,33). The van der Waals surface area contributed by atoms with Crippen molar-refractivity contribution < 1.29 is 14.2 Å². The summed E-state index contributed by atoms with van der Waals surface area (Å²) in [6.45, 7) is 1.24. The van der Waals surface area contributed by atoms with Gasteiger partial charge in [-0.25, -0.2) is 14.8 Å². The Morgan fingerprint density at radius 1 is 1.19 bits per heavy atom. The number of hydrogen-bond acceptors (Lipinski definition) is 8. The zero-order valence-corrected chi connectivity index (χ0v) is 19.6. The van der Waals surface area contributed by atoms with Crippen molar-refractivity contribution in [3.8, 4) is 17.4 Å². The molecule has 1 aliphatic rings. The Kier molecular flexibility index (Phi) is 6.46. The zero-order valence-electron chi connectivity index (χ0n) is 19.6. The van der Waals surface area contributed by atoms with Crippen molar-refractivity contribution in [3.05, 3.63) is 93.4 Å². The molecule has 0 spiro atoms. The van der Waals surface area contributed by atoms with Gasteiger partial charge in [0.05, 0.1) is 6.61 Å². The van der Waals surface area contributed by atoms with Crippen molar-refractivity contribution in [2.24, 2.45) is 5.73 Å². The van der Waals surface area contributed by atoms with Crippen LogP contribution in [0, 0.1) is 5.41 Å². The number of fused-ring (bicyclic) bond motifs is 1. The van der Waals surface area contributed by atoms with Crippen molar-refractivity contribution in [2.75, 3.05) is 20.3 Å². The number of nitrogens with zero attached hydrogens (tertiary/aromatic N) is 4. The molecule has 0 saturated heterocycles. The van der Waals surface area contributed by atoms with Crippen molar-refractivity contribution >= 4 is 5.84 Å². The summed E-state index contributed by atoms with van der Waals surface area (Å²) in [5, 5.41) is 12.2. The van der Waals surface area contributed by atoms with E-state index in [1.807, 2.05) is 24.3 Å². The Balaban J connectivity index is 1.61. The highest BCUT2D eigenvalue weighted by atomic mass is 16.6. The molecule has 2 aromatic carbocycles. The number of ether oxygens (including phenoxy) is 3. The van der Waals surface area contributed by atoms with E-state index in [2.05, 4.69) is 20.1 Å². The molecule has 0 amide bonds. The molecule has 0 fully saturated rings. The predicted molar refractivity (Wildman–Crippen MR) is 131 cm³/mol. The summed E-state index contributed by atoms with van der Waals surface area (Å²) in [7, 11) is 1.62. The lowest BCUT2D eigenvalue weighted by Crippen LogP contribution is -2.18. The van der Waals surface area contributed by atoms with E-state index in [9.17, 15) is 4.79 Å². The maximum absolute atomic E-state index is 12.8. The fourth-order valence-corrected chi connectivity index (χ4v) is 4.18. The number of nitrogens with two attached hydrogens (primary N) is 1. The third kappa shape index (κ3) is 4.68. The lowest BCUT2D eigenvalue weighted by Gasteiger charge is -2.24. The van der Waals surface area contributed by atoms with Gasteiger partial charge >= 0.3 is 5.69 Å². The summed E-state index contributed by atoms with van der Waals surface area (Å²) >= 11 is 0. The van der Waals surface area contributed by atoms with Gasteiger partial charge in [0.25, 0.3) is 5.95 Å². The van der Waals surface area contributed by atoms with E-state index in [0.29, 0.717) is 49.1 Å². The molecule has 4 N–H and O–H groups in total. The molecular weight excluding hydrogens is 462 g/mol. The van der Waals surface area contributed by atoms with E-state index in [-0.39, 0.29) is 17.7 Å². The van der Waals surface area contributed by atoms with Gasteiger partial charge in [0.15, 0.2) is 11.5 Å². The van der Waals surface area contributed by atoms with Crippen LogP contribution in [0.3, 0.4) is 0 Å².